The van der Waals surface area contributed by atoms with Gasteiger partial charge in [-0.25, -0.2) is 13.4 Å². The summed E-state index contributed by atoms with van der Waals surface area (Å²) >= 11 is 1.54. The Morgan fingerprint density at radius 1 is 1.45 bits per heavy atom. The number of aromatic nitrogens is 1. The molecule has 112 valence electrons. The van der Waals surface area contributed by atoms with Crippen LogP contribution in [-0.2, 0) is 21.1 Å². The molecule has 1 atom stereocenters. The third kappa shape index (κ3) is 3.38. The van der Waals surface area contributed by atoms with Gasteiger partial charge in [-0.3, -0.25) is 4.79 Å². The van der Waals surface area contributed by atoms with E-state index >= 15 is 0 Å². The second kappa shape index (κ2) is 5.81. The number of sulfone groups is 1. The normalized spacial score (nSPS) is 21.1. The molecule has 1 aliphatic heterocycles. The van der Waals surface area contributed by atoms with E-state index in [-0.39, 0.29) is 23.5 Å². The molecule has 1 fully saturated rings. The van der Waals surface area contributed by atoms with Gasteiger partial charge in [-0.05, 0) is 27.2 Å². The molecule has 5 nitrogen and oxygen atoms in total. The summed E-state index contributed by atoms with van der Waals surface area (Å²) in [5.41, 5.74) is 0.899. The highest BCUT2D eigenvalue weighted by molar-refractivity contribution is 7.91. The molecule has 20 heavy (non-hydrogen) atoms. The minimum atomic E-state index is -2.96. The van der Waals surface area contributed by atoms with Crippen molar-refractivity contribution in [2.75, 3.05) is 18.1 Å². The van der Waals surface area contributed by atoms with Gasteiger partial charge >= 0.3 is 0 Å². The summed E-state index contributed by atoms with van der Waals surface area (Å²) in [5, 5.41) is 0.955. The third-order valence-corrected chi connectivity index (χ3v) is 6.44. The number of carbonyl (C=O) groups excluding carboxylic acids is 1. The van der Waals surface area contributed by atoms with Crippen LogP contribution in [-0.4, -0.2) is 48.3 Å². The van der Waals surface area contributed by atoms with E-state index in [9.17, 15) is 13.2 Å². The summed E-state index contributed by atoms with van der Waals surface area (Å²) in [6.07, 6.45) is 0.879. The molecule has 1 aromatic rings. The van der Waals surface area contributed by atoms with Crippen molar-refractivity contribution in [3.8, 4) is 0 Å². The summed E-state index contributed by atoms with van der Waals surface area (Å²) in [6.45, 7) is 6.28. The number of likely N-dealkylation sites (N-methyl/N-ethyl adjacent to an activating group) is 1. The molecule has 0 saturated carbocycles. The zero-order chi connectivity index (χ0) is 14.9. The van der Waals surface area contributed by atoms with E-state index in [1.165, 1.54) is 11.3 Å². The predicted molar refractivity (Wildman–Crippen MR) is 79.7 cm³/mol. The van der Waals surface area contributed by atoms with Crippen molar-refractivity contribution < 1.29 is 13.2 Å². The van der Waals surface area contributed by atoms with Gasteiger partial charge in [0.05, 0.1) is 28.6 Å². The average molecular weight is 316 g/mol. The fourth-order valence-electron chi connectivity index (χ4n) is 2.64. The lowest BCUT2D eigenvalue weighted by Crippen LogP contribution is -2.41. The van der Waals surface area contributed by atoms with E-state index in [0.717, 1.165) is 15.6 Å². The van der Waals surface area contributed by atoms with E-state index in [4.69, 9.17) is 0 Å². The van der Waals surface area contributed by atoms with Crippen LogP contribution in [0.2, 0.25) is 0 Å². The van der Waals surface area contributed by atoms with Gasteiger partial charge in [-0.2, -0.15) is 0 Å². The number of carbonyl (C=O) groups is 1. The van der Waals surface area contributed by atoms with E-state index in [1.54, 1.807) is 4.90 Å². The number of thiazole rings is 1. The first-order chi connectivity index (χ1) is 9.32. The lowest BCUT2D eigenvalue weighted by atomic mass is 10.2. The Morgan fingerprint density at radius 2 is 2.15 bits per heavy atom. The molecule has 0 aromatic carbocycles. The average Bonchev–Trinajstić information content (AvgIpc) is 2.83. The Kier molecular flexibility index (Phi) is 4.49. The number of hydrogen-bond donors (Lipinski definition) is 0. The van der Waals surface area contributed by atoms with Gasteiger partial charge in [-0.1, -0.05) is 0 Å². The summed E-state index contributed by atoms with van der Waals surface area (Å²) in [4.78, 5) is 19.4. The van der Waals surface area contributed by atoms with E-state index in [2.05, 4.69) is 4.98 Å². The van der Waals surface area contributed by atoms with Crippen molar-refractivity contribution in [2.24, 2.45) is 0 Å². The first-order valence-corrected chi connectivity index (χ1v) is 9.39. The maximum atomic E-state index is 12.4. The van der Waals surface area contributed by atoms with Crippen LogP contribution in [0.1, 0.15) is 28.9 Å². The van der Waals surface area contributed by atoms with Gasteiger partial charge in [0.25, 0.3) is 0 Å². The minimum absolute atomic E-state index is 0.00125. The molecule has 1 aromatic heterocycles. The molecule has 1 aliphatic rings. The summed E-state index contributed by atoms with van der Waals surface area (Å²) in [5.74, 6) is 0.300. The van der Waals surface area contributed by atoms with Gasteiger partial charge in [0.15, 0.2) is 9.84 Å². The topological polar surface area (TPSA) is 67.3 Å². The van der Waals surface area contributed by atoms with Crippen LogP contribution in [0.3, 0.4) is 0 Å². The lowest BCUT2D eigenvalue weighted by Gasteiger charge is -2.26. The molecule has 7 heteroatoms. The van der Waals surface area contributed by atoms with Crippen LogP contribution in [0.15, 0.2) is 0 Å². The van der Waals surface area contributed by atoms with Crippen molar-refractivity contribution in [1.29, 1.82) is 0 Å². The second-order valence-corrected chi connectivity index (χ2v) is 8.67. The first-order valence-electron chi connectivity index (χ1n) is 6.75. The molecule has 0 N–H and O–H groups in total. The molecule has 1 amide bonds. The molecule has 1 unspecified atom stereocenters. The SMILES string of the molecule is CCN(C(=O)Cc1sc(C)nc1C)C1CCS(=O)(=O)C1. The maximum absolute atomic E-state index is 12.4. The summed E-state index contributed by atoms with van der Waals surface area (Å²) in [6, 6.07) is -0.160. The number of amides is 1. The fraction of sp³-hybridized carbons (Fsp3) is 0.692. The number of nitrogens with zero attached hydrogens (tertiary/aromatic N) is 2. The molecule has 0 spiro atoms. The highest BCUT2D eigenvalue weighted by Gasteiger charge is 2.34. The first kappa shape index (κ1) is 15.4. The number of hydrogen-bond acceptors (Lipinski definition) is 5. The Morgan fingerprint density at radius 3 is 2.60 bits per heavy atom. The van der Waals surface area contributed by atoms with Gasteiger partial charge in [0.2, 0.25) is 5.91 Å². The Bertz CT molecular complexity index is 607. The number of rotatable bonds is 4. The van der Waals surface area contributed by atoms with Crippen LogP contribution in [0, 0.1) is 13.8 Å². The zero-order valence-electron chi connectivity index (χ0n) is 12.0. The van der Waals surface area contributed by atoms with Crippen LogP contribution < -0.4 is 0 Å². The van der Waals surface area contributed by atoms with Crippen LogP contribution in [0.5, 0.6) is 0 Å². The quantitative estimate of drug-likeness (QED) is 0.840. The molecule has 0 radical (unpaired) electrons. The largest absolute Gasteiger partial charge is 0.339 e. The molecule has 1 saturated heterocycles. The van der Waals surface area contributed by atoms with Crippen molar-refractivity contribution in [2.45, 2.75) is 39.7 Å². The van der Waals surface area contributed by atoms with Gasteiger partial charge in [0.1, 0.15) is 0 Å². The minimum Gasteiger partial charge on any atom is -0.339 e. The van der Waals surface area contributed by atoms with Crippen molar-refractivity contribution >= 4 is 27.1 Å². The lowest BCUT2D eigenvalue weighted by molar-refractivity contribution is -0.132. The smallest absolute Gasteiger partial charge is 0.228 e. The zero-order valence-corrected chi connectivity index (χ0v) is 13.7. The molecule has 0 bridgehead atoms. The molecule has 0 aliphatic carbocycles. The maximum Gasteiger partial charge on any atom is 0.228 e. The Labute approximate surface area is 123 Å². The van der Waals surface area contributed by atoms with Crippen LogP contribution >= 0.6 is 11.3 Å². The van der Waals surface area contributed by atoms with Crippen LogP contribution in [0.4, 0.5) is 0 Å². The van der Waals surface area contributed by atoms with Crippen molar-refractivity contribution in [1.82, 2.24) is 9.88 Å². The second-order valence-electron chi connectivity index (χ2n) is 5.15. The molecular formula is C13H20N2O3S2. The van der Waals surface area contributed by atoms with Crippen molar-refractivity contribution in [3.63, 3.8) is 0 Å². The highest BCUT2D eigenvalue weighted by atomic mass is 32.2. The Balaban J connectivity index is 2.08. The monoisotopic (exact) mass is 316 g/mol. The van der Waals surface area contributed by atoms with Gasteiger partial charge < -0.3 is 4.90 Å². The van der Waals surface area contributed by atoms with Crippen LogP contribution in [0.25, 0.3) is 0 Å². The summed E-state index contributed by atoms with van der Waals surface area (Å²) < 4.78 is 23.1. The van der Waals surface area contributed by atoms with Crippen molar-refractivity contribution in [3.05, 3.63) is 15.6 Å². The standard InChI is InChI=1S/C13H20N2O3S2/c1-4-15(11-5-6-20(17,18)8-11)13(16)7-12-9(2)14-10(3)19-12/h11H,4-8H2,1-3H3. The molecule has 2 rings (SSSR count). The van der Waals surface area contributed by atoms with E-state index < -0.39 is 9.84 Å². The summed E-state index contributed by atoms with van der Waals surface area (Å²) in [7, 11) is -2.96. The fourth-order valence-corrected chi connectivity index (χ4v) is 5.29. The Hall–Kier alpha value is -0.950. The predicted octanol–water partition coefficient (Wildman–Crippen LogP) is 1.34. The van der Waals surface area contributed by atoms with Gasteiger partial charge in [-0.15, -0.1) is 11.3 Å². The van der Waals surface area contributed by atoms with Gasteiger partial charge in [0, 0.05) is 17.5 Å². The molecule has 2 heterocycles. The number of aryl methyl sites for hydroxylation is 2. The molecular weight excluding hydrogens is 296 g/mol. The van der Waals surface area contributed by atoms with E-state index in [1.807, 2.05) is 20.8 Å². The van der Waals surface area contributed by atoms with E-state index in [0.29, 0.717) is 19.4 Å². The highest BCUT2D eigenvalue weighted by Crippen LogP contribution is 2.22. The third-order valence-electron chi connectivity index (χ3n) is 3.62.